The lowest BCUT2D eigenvalue weighted by Gasteiger charge is -2.18. The van der Waals surface area contributed by atoms with E-state index >= 15 is 0 Å². The van der Waals surface area contributed by atoms with Crippen LogP contribution in [0, 0.1) is 0 Å². The van der Waals surface area contributed by atoms with E-state index < -0.39 is 11.7 Å². The maximum Gasteiger partial charge on any atom is 0.418 e. The highest BCUT2D eigenvalue weighted by Gasteiger charge is 2.35. The SMILES string of the molecule is CC(C)(C)c1ccc2oc(-c3ccncc3C(F)(F)F)nc2c1. The lowest BCUT2D eigenvalue weighted by atomic mass is 9.87. The minimum absolute atomic E-state index is 0.0548. The summed E-state index contributed by atoms with van der Waals surface area (Å²) in [6.07, 6.45) is -2.44. The van der Waals surface area contributed by atoms with Crippen LogP contribution in [0.25, 0.3) is 22.6 Å². The number of hydrogen-bond acceptors (Lipinski definition) is 3. The number of aromatic nitrogens is 2. The van der Waals surface area contributed by atoms with Crippen LogP contribution >= 0.6 is 0 Å². The number of rotatable bonds is 1. The van der Waals surface area contributed by atoms with Crippen molar-refractivity contribution in [2.45, 2.75) is 32.4 Å². The van der Waals surface area contributed by atoms with E-state index in [0.29, 0.717) is 11.1 Å². The van der Waals surface area contributed by atoms with E-state index in [2.05, 4.69) is 30.7 Å². The summed E-state index contributed by atoms with van der Waals surface area (Å²) in [7, 11) is 0. The van der Waals surface area contributed by atoms with Gasteiger partial charge in [0.25, 0.3) is 0 Å². The summed E-state index contributed by atoms with van der Waals surface area (Å²) >= 11 is 0. The molecule has 3 nitrogen and oxygen atoms in total. The number of fused-ring (bicyclic) bond motifs is 1. The van der Waals surface area contributed by atoms with E-state index in [1.165, 1.54) is 12.3 Å². The Balaban J connectivity index is 2.16. The molecule has 23 heavy (non-hydrogen) atoms. The first-order valence-corrected chi connectivity index (χ1v) is 7.09. The Morgan fingerprint density at radius 3 is 2.43 bits per heavy atom. The largest absolute Gasteiger partial charge is 0.436 e. The number of oxazole rings is 1. The van der Waals surface area contributed by atoms with Gasteiger partial charge in [-0.25, -0.2) is 4.98 Å². The minimum atomic E-state index is -4.51. The molecule has 2 aromatic heterocycles. The van der Waals surface area contributed by atoms with Gasteiger partial charge in [-0.3, -0.25) is 4.98 Å². The van der Waals surface area contributed by atoms with E-state index in [0.717, 1.165) is 11.8 Å². The first-order chi connectivity index (χ1) is 10.7. The van der Waals surface area contributed by atoms with Crippen molar-refractivity contribution in [1.29, 1.82) is 0 Å². The molecule has 0 radical (unpaired) electrons. The van der Waals surface area contributed by atoms with Crippen LogP contribution in [0.4, 0.5) is 13.2 Å². The van der Waals surface area contributed by atoms with Crippen molar-refractivity contribution in [3.63, 3.8) is 0 Å². The third kappa shape index (κ3) is 2.93. The second-order valence-electron chi connectivity index (χ2n) is 6.37. The zero-order chi connectivity index (χ0) is 16.8. The summed E-state index contributed by atoms with van der Waals surface area (Å²) in [4.78, 5) is 7.79. The first kappa shape index (κ1) is 15.5. The van der Waals surface area contributed by atoms with Crippen molar-refractivity contribution in [3.05, 3.63) is 47.8 Å². The smallest absolute Gasteiger partial charge is 0.418 e. The van der Waals surface area contributed by atoms with Crippen LogP contribution in [-0.2, 0) is 11.6 Å². The summed E-state index contributed by atoms with van der Waals surface area (Å²) in [6, 6.07) is 6.74. The highest BCUT2D eigenvalue weighted by Crippen LogP contribution is 2.37. The van der Waals surface area contributed by atoms with Crippen molar-refractivity contribution in [2.24, 2.45) is 0 Å². The highest BCUT2D eigenvalue weighted by molar-refractivity contribution is 5.77. The van der Waals surface area contributed by atoms with Gasteiger partial charge in [-0.2, -0.15) is 13.2 Å². The molecule has 3 aromatic rings. The fourth-order valence-electron chi connectivity index (χ4n) is 2.32. The fourth-order valence-corrected chi connectivity index (χ4v) is 2.32. The monoisotopic (exact) mass is 320 g/mol. The van der Waals surface area contributed by atoms with Crippen LogP contribution in [0.1, 0.15) is 31.9 Å². The first-order valence-electron chi connectivity index (χ1n) is 7.09. The van der Waals surface area contributed by atoms with Crippen molar-refractivity contribution >= 4 is 11.1 Å². The standard InChI is InChI=1S/C17H15F3N2O/c1-16(2,3)10-4-5-14-13(8-10)22-15(23-14)11-6-7-21-9-12(11)17(18,19)20/h4-9H,1-3H3. The summed E-state index contributed by atoms with van der Waals surface area (Å²) in [5.41, 5.74) is 0.982. The van der Waals surface area contributed by atoms with Crippen molar-refractivity contribution < 1.29 is 17.6 Å². The summed E-state index contributed by atoms with van der Waals surface area (Å²) < 4.78 is 44.8. The average Bonchev–Trinajstić information content (AvgIpc) is 2.88. The van der Waals surface area contributed by atoms with Crippen molar-refractivity contribution in [1.82, 2.24) is 9.97 Å². The Bertz CT molecular complexity index is 860. The topological polar surface area (TPSA) is 38.9 Å². The number of halogens is 3. The van der Waals surface area contributed by atoms with Crippen LogP contribution in [0.3, 0.4) is 0 Å². The molecular formula is C17H15F3N2O. The van der Waals surface area contributed by atoms with Crippen LogP contribution in [0.5, 0.6) is 0 Å². The lowest BCUT2D eigenvalue weighted by molar-refractivity contribution is -0.137. The molecule has 0 aliphatic rings. The molecule has 1 aromatic carbocycles. The van der Waals surface area contributed by atoms with E-state index in [-0.39, 0.29) is 16.9 Å². The molecule has 0 aliphatic heterocycles. The third-order valence-corrected chi connectivity index (χ3v) is 3.61. The summed E-state index contributed by atoms with van der Waals surface area (Å²) in [6.45, 7) is 6.17. The molecular weight excluding hydrogens is 305 g/mol. The zero-order valence-corrected chi connectivity index (χ0v) is 12.9. The molecule has 0 N–H and O–H groups in total. The van der Waals surface area contributed by atoms with Crippen molar-refractivity contribution in [2.75, 3.05) is 0 Å². The van der Waals surface area contributed by atoms with E-state index in [1.54, 1.807) is 6.07 Å². The summed E-state index contributed by atoms with van der Waals surface area (Å²) in [5.74, 6) is -0.0548. The Morgan fingerprint density at radius 2 is 1.78 bits per heavy atom. The van der Waals surface area contributed by atoms with Crippen LogP contribution in [-0.4, -0.2) is 9.97 Å². The molecule has 0 atom stereocenters. The van der Waals surface area contributed by atoms with Gasteiger partial charge in [0.2, 0.25) is 5.89 Å². The van der Waals surface area contributed by atoms with Gasteiger partial charge in [0, 0.05) is 12.4 Å². The molecule has 0 amide bonds. The van der Waals surface area contributed by atoms with Gasteiger partial charge in [-0.15, -0.1) is 0 Å². The molecule has 2 heterocycles. The Morgan fingerprint density at radius 1 is 1.04 bits per heavy atom. The van der Waals surface area contributed by atoms with Crippen LogP contribution in [0.15, 0.2) is 41.1 Å². The Hall–Kier alpha value is -2.37. The lowest BCUT2D eigenvalue weighted by Crippen LogP contribution is -2.10. The average molecular weight is 320 g/mol. The van der Waals surface area contributed by atoms with Crippen LogP contribution in [0.2, 0.25) is 0 Å². The number of pyridine rings is 1. The maximum atomic E-state index is 13.1. The fraction of sp³-hybridized carbons (Fsp3) is 0.294. The third-order valence-electron chi connectivity index (χ3n) is 3.61. The molecule has 0 unspecified atom stereocenters. The second-order valence-corrected chi connectivity index (χ2v) is 6.37. The number of benzene rings is 1. The maximum absolute atomic E-state index is 13.1. The van der Waals surface area contributed by atoms with Gasteiger partial charge in [-0.05, 0) is 29.2 Å². The van der Waals surface area contributed by atoms with Gasteiger partial charge in [0.15, 0.2) is 5.58 Å². The molecule has 6 heteroatoms. The van der Waals surface area contributed by atoms with E-state index in [9.17, 15) is 13.2 Å². The zero-order valence-electron chi connectivity index (χ0n) is 12.9. The molecule has 0 fully saturated rings. The minimum Gasteiger partial charge on any atom is -0.436 e. The normalized spacial score (nSPS) is 12.8. The van der Waals surface area contributed by atoms with E-state index in [4.69, 9.17) is 4.42 Å². The predicted molar refractivity (Wildman–Crippen MR) is 80.9 cm³/mol. The second kappa shape index (κ2) is 5.08. The van der Waals surface area contributed by atoms with Gasteiger partial charge < -0.3 is 4.42 Å². The molecule has 3 rings (SSSR count). The molecule has 0 saturated carbocycles. The molecule has 0 aliphatic carbocycles. The Kier molecular flexibility index (Phi) is 3.43. The van der Waals surface area contributed by atoms with Gasteiger partial charge in [0.1, 0.15) is 5.52 Å². The van der Waals surface area contributed by atoms with Gasteiger partial charge >= 0.3 is 6.18 Å². The van der Waals surface area contributed by atoms with Crippen LogP contribution < -0.4 is 0 Å². The highest BCUT2D eigenvalue weighted by atomic mass is 19.4. The summed E-state index contributed by atoms with van der Waals surface area (Å²) in [5, 5.41) is 0. The molecule has 120 valence electrons. The Labute approximate surface area is 131 Å². The van der Waals surface area contributed by atoms with E-state index in [1.807, 2.05) is 12.1 Å². The van der Waals surface area contributed by atoms with Gasteiger partial charge in [-0.1, -0.05) is 26.8 Å². The molecule has 0 bridgehead atoms. The predicted octanol–water partition coefficient (Wildman–Crippen LogP) is 5.21. The number of hydrogen-bond donors (Lipinski definition) is 0. The number of nitrogens with zero attached hydrogens (tertiary/aromatic N) is 2. The molecule has 0 saturated heterocycles. The number of alkyl halides is 3. The van der Waals surface area contributed by atoms with Gasteiger partial charge in [0.05, 0.1) is 11.1 Å². The van der Waals surface area contributed by atoms with Crippen molar-refractivity contribution in [3.8, 4) is 11.5 Å². The molecule has 0 spiro atoms. The quantitative estimate of drug-likeness (QED) is 0.618.